The van der Waals surface area contributed by atoms with Crippen LogP contribution >= 0.6 is 46.9 Å². The number of amides is 1. The number of thiazole rings is 1. The van der Waals surface area contributed by atoms with E-state index in [9.17, 15) is 4.79 Å². The maximum atomic E-state index is 12.7. The molecule has 1 atom stereocenters. The molecule has 172 valence electrons. The number of anilines is 3. The number of hydrogen-bond acceptors (Lipinski definition) is 5. The van der Waals surface area contributed by atoms with Gasteiger partial charge in [-0.2, -0.15) is 0 Å². The summed E-state index contributed by atoms with van der Waals surface area (Å²) in [5, 5.41) is 12.6. The normalized spacial score (nSPS) is 11.5. The van der Waals surface area contributed by atoms with Gasteiger partial charge < -0.3 is 16.0 Å². The average Bonchev–Trinajstić information content (AvgIpc) is 3.28. The molecule has 0 aliphatic rings. The van der Waals surface area contributed by atoms with Gasteiger partial charge in [0.1, 0.15) is 0 Å². The lowest BCUT2D eigenvalue weighted by molar-refractivity contribution is -0.115. The van der Waals surface area contributed by atoms with Gasteiger partial charge in [0, 0.05) is 32.2 Å². The van der Waals surface area contributed by atoms with E-state index in [1.54, 1.807) is 0 Å². The van der Waals surface area contributed by atoms with E-state index in [4.69, 9.17) is 23.8 Å². The van der Waals surface area contributed by atoms with Crippen LogP contribution in [0, 0.1) is 0 Å². The Kier molecular flexibility index (Phi) is 8.18. The van der Waals surface area contributed by atoms with Crippen LogP contribution in [0.5, 0.6) is 0 Å². The Hall–Kier alpha value is -2.91. The number of halogens is 1. The van der Waals surface area contributed by atoms with Gasteiger partial charge in [0.05, 0.1) is 10.9 Å². The van der Waals surface area contributed by atoms with E-state index in [1.165, 1.54) is 23.1 Å². The maximum absolute atomic E-state index is 12.7. The fraction of sp³-hybridized carbons (Fsp3) is 0.0800. The number of nitrogens with zero attached hydrogens (tertiary/aromatic N) is 1. The second kappa shape index (κ2) is 11.5. The van der Waals surface area contributed by atoms with Crippen LogP contribution in [0.15, 0.2) is 89.1 Å². The van der Waals surface area contributed by atoms with Crippen molar-refractivity contribution in [2.75, 3.05) is 16.0 Å². The molecule has 0 aliphatic carbocycles. The highest BCUT2D eigenvalue weighted by molar-refractivity contribution is 8.00. The molecular formula is C25H21ClN4OS3. The summed E-state index contributed by atoms with van der Waals surface area (Å²) in [4.78, 5) is 18.2. The Morgan fingerprint density at radius 1 is 0.971 bits per heavy atom. The number of thiocarbonyl (C=S) groups is 1. The van der Waals surface area contributed by atoms with Crippen molar-refractivity contribution in [1.29, 1.82) is 0 Å². The summed E-state index contributed by atoms with van der Waals surface area (Å²) in [5.74, 6) is -0.110. The van der Waals surface area contributed by atoms with Crippen molar-refractivity contribution in [2.24, 2.45) is 0 Å². The highest BCUT2D eigenvalue weighted by Crippen LogP contribution is 2.29. The Balaban J connectivity index is 1.32. The molecule has 0 saturated heterocycles. The van der Waals surface area contributed by atoms with Crippen molar-refractivity contribution >= 4 is 74.4 Å². The molecule has 1 heterocycles. The Bertz CT molecular complexity index is 1280. The van der Waals surface area contributed by atoms with Crippen molar-refractivity contribution in [3.05, 3.63) is 89.3 Å². The first-order chi connectivity index (χ1) is 16.5. The number of nitrogens with one attached hydrogen (secondary N) is 3. The summed E-state index contributed by atoms with van der Waals surface area (Å²) in [6.07, 6.45) is 0. The lowest BCUT2D eigenvalue weighted by Gasteiger charge is -2.13. The summed E-state index contributed by atoms with van der Waals surface area (Å²) >= 11 is 14.2. The average molecular weight is 525 g/mol. The Morgan fingerprint density at radius 2 is 1.68 bits per heavy atom. The van der Waals surface area contributed by atoms with E-state index >= 15 is 0 Å². The number of benzene rings is 3. The Morgan fingerprint density at radius 3 is 2.44 bits per heavy atom. The number of carbonyl (C=O) groups is 1. The van der Waals surface area contributed by atoms with Gasteiger partial charge in [-0.05, 0) is 61.6 Å². The zero-order chi connectivity index (χ0) is 23.9. The maximum Gasteiger partial charge on any atom is 0.239 e. The molecule has 4 aromatic rings. The summed E-state index contributed by atoms with van der Waals surface area (Å²) in [5.41, 5.74) is 3.51. The molecular weight excluding hydrogens is 504 g/mol. The molecule has 1 unspecified atom stereocenters. The molecule has 0 fully saturated rings. The second-order valence-electron chi connectivity index (χ2n) is 7.27. The van der Waals surface area contributed by atoms with Crippen LogP contribution in [-0.2, 0) is 4.79 Å². The van der Waals surface area contributed by atoms with Crippen LogP contribution in [0.3, 0.4) is 0 Å². The van der Waals surface area contributed by atoms with Gasteiger partial charge in [-0.15, -0.1) is 23.1 Å². The fourth-order valence-electron chi connectivity index (χ4n) is 3.01. The molecule has 0 saturated carbocycles. The van der Waals surface area contributed by atoms with E-state index < -0.39 is 0 Å². The molecule has 5 nitrogen and oxygen atoms in total. The highest BCUT2D eigenvalue weighted by Gasteiger charge is 2.17. The predicted molar refractivity (Wildman–Crippen MR) is 149 cm³/mol. The molecule has 0 spiro atoms. The largest absolute Gasteiger partial charge is 0.332 e. The predicted octanol–water partition coefficient (Wildman–Crippen LogP) is 7.39. The van der Waals surface area contributed by atoms with E-state index in [2.05, 4.69) is 20.9 Å². The van der Waals surface area contributed by atoms with Crippen molar-refractivity contribution in [3.8, 4) is 11.3 Å². The SMILES string of the molecule is CC(Sc1cccc(NC(=S)Nc2ccccc2)c1)C(=O)Nc1nc(-c2ccc(Cl)cc2)cs1. The molecule has 1 aromatic heterocycles. The van der Waals surface area contributed by atoms with E-state index in [0.29, 0.717) is 15.3 Å². The van der Waals surface area contributed by atoms with Gasteiger partial charge in [0.2, 0.25) is 5.91 Å². The molecule has 4 rings (SSSR count). The molecule has 0 aliphatic heterocycles. The molecule has 0 bridgehead atoms. The fourth-order valence-corrected chi connectivity index (χ4v) is 5.02. The number of para-hydroxylation sites is 1. The Labute approximate surface area is 217 Å². The number of aromatic nitrogens is 1. The molecule has 9 heteroatoms. The van der Waals surface area contributed by atoms with Crippen LogP contribution < -0.4 is 16.0 Å². The van der Waals surface area contributed by atoms with Crippen molar-refractivity contribution in [1.82, 2.24) is 4.98 Å². The smallest absolute Gasteiger partial charge is 0.239 e. The summed E-state index contributed by atoms with van der Waals surface area (Å²) in [7, 11) is 0. The third-order valence-corrected chi connectivity index (χ3v) is 6.99. The lowest BCUT2D eigenvalue weighted by Crippen LogP contribution is -2.22. The van der Waals surface area contributed by atoms with E-state index in [1.807, 2.05) is 91.2 Å². The summed E-state index contributed by atoms with van der Waals surface area (Å²) in [6, 6.07) is 25.0. The van der Waals surface area contributed by atoms with Gasteiger partial charge >= 0.3 is 0 Å². The van der Waals surface area contributed by atoms with Crippen LogP contribution in [0.25, 0.3) is 11.3 Å². The highest BCUT2D eigenvalue weighted by atomic mass is 35.5. The monoisotopic (exact) mass is 524 g/mol. The first kappa shape index (κ1) is 24.2. The first-order valence-electron chi connectivity index (χ1n) is 10.4. The number of rotatable bonds is 7. The first-order valence-corrected chi connectivity index (χ1v) is 12.9. The van der Waals surface area contributed by atoms with E-state index in [-0.39, 0.29) is 11.2 Å². The van der Waals surface area contributed by atoms with E-state index in [0.717, 1.165) is 27.5 Å². The summed E-state index contributed by atoms with van der Waals surface area (Å²) in [6.45, 7) is 1.87. The van der Waals surface area contributed by atoms with Gasteiger partial charge in [-0.3, -0.25) is 4.79 Å². The third kappa shape index (κ3) is 6.80. The second-order valence-corrected chi connectivity index (χ2v) is 10.4. The number of thioether (sulfide) groups is 1. The number of hydrogen-bond donors (Lipinski definition) is 3. The molecule has 0 radical (unpaired) electrons. The summed E-state index contributed by atoms with van der Waals surface area (Å²) < 4.78 is 0. The molecule has 1 amide bonds. The number of carbonyl (C=O) groups excluding carboxylic acids is 1. The van der Waals surface area contributed by atoms with Crippen LogP contribution in [0.4, 0.5) is 16.5 Å². The minimum absolute atomic E-state index is 0.110. The van der Waals surface area contributed by atoms with Gasteiger partial charge in [0.25, 0.3) is 0 Å². The molecule has 34 heavy (non-hydrogen) atoms. The minimum atomic E-state index is -0.312. The quantitative estimate of drug-likeness (QED) is 0.173. The zero-order valence-electron chi connectivity index (χ0n) is 18.1. The van der Waals surface area contributed by atoms with Crippen LogP contribution in [0.1, 0.15) is 6.92 Å². The lowest BCUT2D eigenvalue weighted by atomic mass is 10.2. The topological polar surface area (TPSA) is 66.0 Å². The van der Waals surface area contributed by atoms with Gasteiger partial charge in [0.15, 0.2) is 10.2 Å². The minimum Gasteiger partial charge on any atom is -0.332 e. The van der Waals surface area contributed by atoms with Crippen molar-refractivity contribution < 1.29 is 4.79 Å². The third-order valence-electron chi connectivity index (χ3n) is 4.68. The van der Waals surface area contributed by atoms with Crippen molar-refractivity contribution in [2.45, 2.75) is 17.1 Å². The van der Waals surface area contributed by atoms with Gasteiger partial charge in [-0.1, -0.05) is 48.0 Å². The zero-order valence-corrected chi connectivity index (χ0v) is 21.3. The van der Waals surface area contributed by atoms with Gasteiger partial charge in [-0.25, -0.2) is 4.98 Å². The van der Waals surface area contributed by atoms with Crippen molar-refractivity contribution in [3.63, 3.8) is 0 Å². The molecule has 3 aromatic carbocycles. The van der Waals surface area contributed by atoms with Crippen LogP contribution in [0.2, 0.25) is 5.02 Å². The standard InChI is InChI=1S/C25H21ClN4OS3/c1-16(23(31)30-25-29-22(15-33-25)17-10-12-18(26)13-11-17)34-21-9-5-8-20(14-21)28-24(32)27-19-6-3-2-4-7-19/h2-16H,1H3,(H2,27,28,32)(H,29,30,31). The van der Waals surface area contributed by atoms with Crippen LogP contribution in [-0.4, -0.2) is 21.3 Å². The molecule has 3 N–H and O–H groups in total.